The number of hydrogen-bond donors (Lipinski definition) is 5. The highest BCUT2D eigenvalue weighted by Crippen LogP contribution is 2.30. The van der Waals surface area contributed by atoms with Crippen LogP contribution in [-0.4, -0.2) is 88.8 Å². The Hall–Kier alpha value is -5.48. The molecule has 6 aromatic rings. The number of hydrogen-bond acceptors (Lipinski definition) is 10. The fourth-order valence-corrected chi connectivity index (χ4v) is 6.07. The molecule has 0 spiro atoms. The van der Waals surface area contributed by atoms with Crippen molar-refractivity contribution in [1.29, 1.82) is 0 Å². The van der Waals surface area contributed by atoms with E-state index in [0.29, 0.717) is 70.0 Å². The number of likely N-dealkylation sites (N-methyl/N-ethyl adjacent to an activating group) is 1. The summed E-state index contributed by atoms with van der Waals surface area (Å²) in [5.41, 5.74) is 2.58. The van der Waals surface area contributed by atoms with Crippen molar-refractivity contribution in [2.24, 2.45) is 0 Å². The summed E-state index contributed by atoms with van der Waals surface area (Å²) in [6, 6.07) is 2.49. The molecule has 1 unspecified atom stereocenters. The van der Waals surface area contributed by atoms with Gasteiger partial charge in [0, 0.05) is 66.8 Å². The summed E-state index contributed by atoms with van der Waals surface area (Å²) in [6.07, 6.45) is 10.7. The monoisotopic (exact) mass is 720 g/mol. The summed E-state index contributed by atoms with van der Waals surface area (Å²) in [4.78, 5) is 56.5. The molecule has 2 atom stereocenters. The SMILES string of the molecule is CN1CCC[C@H](Nc2nc(-c3c[nH]c4ncc(Cl)cc34)ncc2F)C1=O.O=C1NCCC1Nc1nc(-c2c[nH]c3ncc(Cl)cc23)ncc1F. The van der Waals surface area contributed by atoms with Crippen molar-refractivity contribution in [3.8, 4) is 22.8 Å². The Labute approximate surface area is 292 Å². The molecule has 0 aromatic carbocycles. The first-order chi connectivity index (χ1) is 24.1. The minimum absolute atomic E-state index is 0.00740. The van der Waals surface area contributed by atoms with E-state index >= 15 is 0 Å². The van der Waals surface area contributed by atoms with Crippen LogP contribution in [0.5, 0.6) is 0 Å². The van der Waals surface area contributed by atoms with E-state index in [1.165, 1.54) is 12.4 Å². The Morgan fingerprint density at radius 3 is 1.84 bits per heavy atom. The quantitative estimate of drug-likeness (QED) is 0.158. The lowest BCUT2D eigenvalue weighted by Gasteiger charge is -2.30. The molecule has 2 amide bonds. The number of anilines is 2. The first-order valence-electron chi connectivity index (χ1n) is 15.5. The van der Waals surface area contributed by atoms with Gasteiger partial charge in [0.1, 0.15) is 23.4 Å². The number of aromatic amines is 2. The lowest BCUT2D eigenvalue weighted by Crippen LogP contribution is -2.45. The maximum atomic E-state index is 14.2. The number of fused-ring (bicyclic) bond motifs is 2. The number of carbonyl (C=O) groups excluding carboxylic acids is 2. The van der Waals surface area contributed by atoms with Gasteiger partial charge in [-0.05, 0) is 31.4 Å². The number of aromatic nitrogens is 8. The van der Waals surface area contributed by atoms with Crippen molar-refractivity contribution in [3.63, 3.8) is 0 Å². The molecule has 8 rings (SSSR count). The molecule has 0 aliphatic carbocycles. The lowest BCUT2D eigenvalue weighted by atomic mass is 10.1. The molecule has 5 N–H and O–H groups in total. The van der Waals surface area contributed by atoms with E-state index in [-0.39, 0.29) is 23.5 Å². The van der Waals surface area contributed by atoms with Crippen LogP contribution in [-0.2, 0) is 9.59 Å². The van der Waals surface area contributed by atoms with Crippen LogP contribution in [0.1, 0.15) is 19.3 Å². The second-order valence-corrected chi connectivity index (χ2v) is 12.5. The van der Waals surface area contributed by atoms with Gasteiger partial charge in [-0.25, -0.2) is 38.7 Å². The fraction of sp³-hybridized carbons (Fsp3) is 0.250. The number of halogens is 4. The third-order valence-corrected chi connectivity index (χ3v) is 8.71. The molecule has 0 radical (unpaired) electrons. The van der Waals surface area contributed by atoms with Crippen LogP contribution >= 0.6 is 23.2 Å². The molecule has 50 heavy (non-hydrogen) atoms. The highest BCUT2D eigenvalue weighted by molar-refractivity contribution is 6.31. The molecule has 6 aromatic heterocycles. The predicted molar refractivity (Wildman–Crippen MR) is 183 cm³/mol. The van der Waals surface area contributed by atoms with Gasteiger partial charge in [0.15, 0.2) is 34.9 Å². The van der Waals surface area contributed by atoms with Crippen molar-refractivity contribution in [1.82, 2.24) is 50.1 Å². The Morgan fingerprint density at radius 1 is 0.780 bits per heavy atom. The summed E-state index contributed by atoms with van der Waals surface area (Å²) in [5, 5.41) is 10.9. The Balaban J connectivity index is 0.000000157. The van der Waals surface area contributed by atoms with Crippen LogP contribution < -0.4 is 16.0 Å². The van der Waals surface area contributed by atoms with Gasteiger partial charge in [-0.1, -0.05) is 23.2 Å². The zero-order chi connectivity index (χ0) is 34.9. The number of nitrogens with one attached hydrogen (secondary N) is 5. The van der Waals surface area contributed by atoms with Gasteiger partial charge >= 0.3 is 0 Å². The number of piperidine rings is 1. The van der Waals surface area contributed by atoms with Crippen LogP contribution in [0.25, 0.3) is 44.8 Å². The number of rotatable bonds is 6. The highest BCUT2D eigenvalue weighted by atomic mass is 35.5. The summed E-state index contributed by atoms with van der Waals surface area (Å²) < 4.78 is 28.2. The summed E-state index contributed by atoms with van der Waals surface area (Å²) in [7, 11) is 1.74. The molecule has 8 heterocycles. The van der Waals surface area contributed by atoms with Crippen molar-refractivity contribution >= 4 is 68.7 Å². The van der Waals surface area contributed by atoms with Crippen LogP contribution in [0.2, 0.25) is 10.0 Å². The zero-order valence-corrected chi connectivity index (χ0v) is 27.8. The second kappa shape index (κ2) is 13.8. The van der Waals surface area contributed by atoms with Gasteiger partial charge in [-0.15, -0.1) is 0 Å². The molecule has 2 fully saturated rings. The first-order valence-corrected chi connectivity index (χ1v) is 16.3. The molecular formula is C32H28Cl2F2N12O2. The summed E-state index contributed by atoms with van der Waals surface area (Å²) in [5.74, 6) is -0.829. The van der Waals surface area contributed by atoms with E-state index in [1.807, 2.05) is 0 Å². The van der Waals surface area contributed by atoms with Crippen molar-refractivity contribution < 1.29 is 18.4 Å². The van der Waals surface area contributed by atoms with Gasteiger partial charge in [0.25, 0.3) is 0 Å². The lowest BCUT2D eigenvalue weighted by molar-refractivity contribution is -0.132. The number of pyridine rings is 2. The van der Waals surface area contributed by atoms with E-state index in [9.17, 15) is 18.4 Å². The number of carbonyl (C=O) groups is 2. The smallest absolute Gasteiger partial charge is 0.244 e. The summed E-state index contributed by atoms with van der Waals surface area (Å²) in [6.45, 7) is 1.26. The van der Waals surface area contributed by atoms with E-state index in [2.05, 4.69) is 55.8 Å². The fourth-order valence-electron chi connectivity index (χ4n) is 5.75. The van der Waals surface area contributed by atoms with E-state index in [1.54, 1.807) is 36.5 Å². The predicted octanol–water partition coefficient (Wildman–Crippen LogP) is 4.96. The second-order valence-electron chi connectivity index (χ2n) is 11.7. The van der Waals surface area contributed by atoms with Crippen LogP contribution in [0, 0.1) is 11.6 Å². The van der Waals surface area contributed by atoms with Crippen molar-refractivity contribution in [2.45, 2.75) is 31.3 Å². The minimum Gasteiger partial charge on any atom is -0.356 e. The van der Waals surface area contributed by atoms with Crippen LogP contribution in [0.4, 0.5) is 20.4 Å². The molecule has 0 bridgehead atoms. The zero-order valence-electron chi connectivity index (χ0n) is 26.3. The topological polar surface area (TPSA) is 182 Å². The largest absolute Gasteiger partial charge is 0.356 e. The molecule has 2 aliphatic heterocycles. The standard InChI is InChI=1S/C17H16ClFN6O.C15H12ClFN6O/c1-25-4-2-3-13(17(25)26)23-16-12(19)8-22-15(24-16)11-7-21-14-10(11)5-9(18)6-20-14;16-7-3-8-9(5-20-12(8)19-4-7)13-21-6-10(17)14(23-13)22-11-1-2-18-15(11)24/h5-8,13H,2-4H2,1H3,(H,20,21)(H,22,23,24);3-6,11H,1-2H2,(H,18,24)(H,19,20)(H,21,22,23)/t13-;/m0./s1. The van der Waals surface area contributed by atoms with Crippen LogP contribution in [0.3, 0.4) is 0 Å². The van der Waals surface area contributed by atoms with E-state index in [0.717, 1.165) is 29.6 Å². The third-order valence-electron chi connectivity index (χ3n) is 8.30. The van der Waals surface area contributed by atoms with Crippen molar-refractivity contribution in [2.75, 3.05) is 30.8 Å². The van der Waals surface area contributed by atoms with Gasteiger partial charge in [0.2, 0.25) is 11.8 Å². The average molecular weight is 722 g/mol. The number of likely N-dealkylation sites (tertiary alicyclic amines) is 1. The third kappa shape index (κ3) is 6.71. The number of H-pyrrole nitrogens is 2. The molecule has 2 aliphatic rings. The molecule has 18 heteroatoms. The number of nitrogens with zero attached hydrogens (tertiary/aromatic N) is 7. The Morgan fingerprint density at radius 2 is 1.32 bits per heavy atom. The van der Waals surface area contributed by atoms with E-state index in [4.69, 9.17) is 23.2 Å². The number of amides is 2. The average Bonchev–Trinajstić information content (AvgIpc) is 3.83. The molecule has 2 saturated heterocycles. The van der Waals surface area contributed by atoms with Gasteiger partial charge < -0.3 is 30.8 Å². The Bertz CT molecular complexity index is 2250. The van der Waals surface area contributed by atoms with Gasteiger partial charge in [-0.2, -0.15) is 0 Å². The molecule has 256 valence electrons. The van der Waals surface area contributed by atoms with Crippen molar-refractivity contribution in [3.05, 3.63) is 71.0 Å². The maximum Gasteiger partial charge on any atom is 0.244 e. The molecular weight excluding hydrogens is 693 g/mol. The van der Waals surface area contributed by atoms with Gasteiger partial charge in [0.05, 0.1) is 22.4 Å². The van der Waals surface area contributed by atoms with Gasteiger partial charge in [-0.3, -0.25) is 9.59 Å². The molecule has 14 nitrogen and oxygen atoms in total. The van der Waals surface area contributed by atoms with E-state index < -0.39 is 23.7 Å². The Kier molecular flexibility index (Phi) is 9.12. The van der Waals surface area contributed by atoms with Crippen LogP contribution in [0.15, 0.2) is 49.3 Å². The molecule has 0 saturated carbocycles. The normalized spacial score (nSPS) is 17.5. The minimum atomic E-state index is -0.616. The maximum absolute atomic E-state index is 14.2. The highest BCUT2D eigenvalue weighted by Gasteiger charge is 2.28. The first kappa shape index (κ1) is 33.0. The summed E-state index contributed by atoms with van der Waals surface area (Å²) >= 11 is 12.0.